The maximum Gasteiger partial charge on any atom is 0.277 e. The summed E-state index contributed by atoms with van der Waals surface area (Å²) in [5.41, 5.74) is 2.43. The lowest BCUT2D eigenvalue weighted by Gasteiger charge is -2.09. The first kappa shape index (κ1) is 17.2. The molecule has 1 heterocycles. The Balaban J connectivity index is 1.65. The molecule has 0 aliphatic carbocycles. The topological polar surface area (TPSA) is 68.0 Å². The predicted molar refractivity (Wildman–Crippen MR) is 94.8 cm³/mol. The molecule has 128 valence electrons. The number of hydrogen-bond donors (Lipinski definition) is 1. The number of nitrogens with zero attached hydrogens (tertiary/aromatic N) is 2. The monoisotopic (exact) mass is 357 g/mol. The van der Waals surface area contributed by atoms with Gasteiger partial charge >= 0.3 is 0 Å². The molecule has 0 aliphatic heterocycles. The van der Waals surface area contributed by atoms with Crippen LogP contribution in [-0.4, -0.2) is 21.4 Å². The molecule has 25 heavy (non-hydrogen) atoms. The van der Waals surface area contributed by atoms with Gasteiger partial charge in [-0.15, -0.1) is 10.2 Å². The summed E-state index contributed by atoms with van der Waals surface area (Å²) in [5.74, 6) is -0.158. The Hall–Kier alpha value is -2.67. The molecular weight excluding hydrogens is 341 g/mol. The second-order valence-corrected chi connectivity index (χ2v) is 6.74. The molecule has 0 radical (unpaired) electrons. The zero-order valence-corrected chi connectivity index (χ0v) is 14.5. The highest BCUT2D eigenvalue weighted by atomic mass is 32.2. The van der Waals surface area contributed by atoms with Crippen molar-refractivity contribution in [2.24, 2.45) is 0 Å². The van der Waals surface area contributed by atoms with E-state index >= 15 is 0 Å². The number of nitrogens with one attached hydrogen (secondary N) is 1. The van der Waals surface area contributed by atoms with E-state index in [-0.39, 0.29) is 11.7 Å². The Morgan fingerprint density at radius 2 is 1.88 bits per heavy atom. The highest BCUT2D eigenvalue weighted by molar-refractivity contribution is 8.00. The molecule has 7 heteroatoms. The van der Waals surface area contributed by atoms with Crippen molar-refractivity contribution in [3.8, 4) is 11.5 Å². The molecule has 5 nitrogen and oxygen atoms in total. The van der Waals surface area contributed by atoms with Crippen LogP contribution >= 0.6 is 11.8 Å². The Labute approximate surface area is 148 Å². The van der Waals surface area contributed by atoms with Gasteiger partial charge in [0.2, 0.25) is 11.8 Å². The molecule has 3 rings (SSSR count). The molecular formula is C18H16FN3O2S. The van der Waals surface area contributed by atoms with E-state index in [1.807, 2.05) is 31.2 Å². The number of anilines is 1. The third-order valence-corrected chi connectivity index (χ3v) is 4.47. The van der Waals surface area contributed by atoms with E-state index in [4.69, 9.17) is 4.42 Å². The normalized spacial score (nSPS) is 12.0. The van der Waals surface area contributed by atoms with E-state index in [9.17, 15) is 9.18 Å². The lowest BCUT2D eigenvalue weighted by atomic mass is 10.1. The van der Waals surface area contributed by atoms with Gasteiger partial charge in [0, 0.05) is 11.3 Å². The van der Waals surface area contributed by atoms with Gasteiger partial charge in [0.05, 0.1) is 5.25 Å². The number of carbonyl (C=O) groups excluding carboxylic acids is 1. The van der Waals surface area contributed by atoms with Crippen molar-refractivity contribution in [2.45, 2.75) is 24.3 Å². The van der Waals surface area contributed by atoms with E-state index in [2.05, 4.69) is 15.5 Å². The molecule has 0 spiro atoms. The number of carbonyl (C=O) groups is 1. The first-order chi connectivity index (χ1) is 12.0. The van der Waals surface area contributed by atoms with E-state index < -0.39 is 5.25 Å². The largest absolute Gasteiger partial charge is 0.411 e. The minimum Gasteiger partial charge on any atom is -0.411 e. The number of thioether (sulfide) groups is 1. The SMILES string of the molecule is Cc1ccccc1-c1nnc(S[C@H](C)C(=O)Nc2ccc(F)cc2)o1. The van der Waals surface area contributed by atoms with Crippen LogP contribution in [0, 0.1) is 12.7 Å². The van der Waals surface area contributed by atoms with Gasteiger partial charge in [-0.1, -0.05) is 30.0 Å². The Morgan fingerprint density at radius 1 is 1.16 bits per heavy atom. The maximum absolute atomic E-state index is 12.9. The smallest absolute Gasteiger partial charge is 0.277 e. The summed E-state index contributed by atoms with van der Waals surface area (Å²) in [5, 5.41) is 10.6. The highest BCUT2D eigenvalue weighted by Crippen LogP contribution is 2.28. The molecule has 1 aromatic heterocycles. The molecule has 0 aliphatic rings. The van der Waals surface area contributed by atoms with Gasteiger partial charge in [-0.05, 0) is 49.7 Å². The summed E-state index contributed by atoms with van der Waals surface area (Å²) in [6.45, 7) is 3.70. The van der Waals surface area contributed by atoms with Crippen LogP contribution in [0.1, 0.15) is 12.5 Å². The molecule has 1 atom stereocenters. The molecule has 0 saturated heterocycles. The van der Waals surface area contributed by atoms with Crippen LogP contribution < -0.4 is 5.32 Å². The first-order valence-corrected chi connectivity index (χ1v) is 8.53. The van der Waals surface area contributed by atoms with Crippen molar-refractivity contribution in [1.29, 1.82) is 0 Å². The van der Waals surface area contributed by atoms with Crippen LogP contribution in [0.15, 0.2) is 58.2 Å². The third kappa shape index (κ3) is 4.24. The van der Waals surface area contributed by atoms with Gasteiger partial charge in [-0.25, -0.2) is 4.39 Å². The summed E-state index contributed by atoms with van der Waals surface area (Å²) < 4.78 is 18.5. The highest BCUT2D eigenvalue weighted by Gasteiger charge is 2.19. The molecule has 0 saturated carbocycles. The van der Waals surface area contributed by atoms with Gasteiger partial charge in [-0.2, -0.15) is 0 Å². The predicted octanol–water partition coefficient (Wildman–Crippen LogP) is 4.30. The first-order valence-electron chi connectivity index (χ1n) is 7.65. The maximum atomic E-state index is 12.9. The summed E-state index contributed by atoms with van der Waals surface area (Å²) in [4.78, 5) is 12.2. The number of amides is 1. The number of aryl methyl sites for hydroxylation is 1. The van der Waals surface area contributed by atoms with Crippen LogP contribution in [0.4, 0.5) is 10.1 Å². The van der Waals surface area contributed by atoms with Crippen LogP contribution in [0.3, 0.4) is 0 Å². The van der Waals surface area contributed by atoms with Crippen molar-refractivity contribution in [2.75, 3.05) is 5.32 Å². The van der Waals surface area contributed by atoms with Gasteiger partial charge in [0.1, 0.15) is 5.82 Å². The van der Waals surface area contributed by atoms with Crippen molar-refractivity contribution in [3.05, 3.63) is 59.9 Å². The molecule has 2 aromatic carbocycles. The molecule has 0 fully saturated rings. The second kappa shape index (κ2) is 7.48. The average Bonchev–Trinajstić information content (AvgIpc) is 3.05. The fourth-order valence-corrected chi connectivity index (χ4v) is 2.84. The van der Waals surface area contributed by atoms with Gasteiger partial charge in [-0.3, -0.25) is 4.79 Å². The summed E-state index contributed by atoms with van der Waals surface area (Å²) in [6, 6.07) is 13.3. The van der Waals surface area contributed by atoms with Gasteiger partial charge < -0.3 is 9.73 Å². The Bertz CT molecular complexity index is 880. The fraction of sp³-hybridized carbons (Fsp3) is 0.167. The minimum absolute atomic E-state index is 0.229. The Kier molecular flexibility index (Phi) is 5.14. The summed E-state index contributed by atoms with van der Waals surface area (Å²) in [6.07, 6.45) is 0. The molecule has 1 amide bonds. The van der Waals surface area contributed by atoms with E-state index in [0.717, 1.165) is 11.1 Å². The van der Waals surface area contributed by atoms with Crippen molar-refractivity contribution in [3.63, 3.8) is 0 Å². The van der Waals surface area contributed by atoms with Crippen LogP contribution in [0.2, 0.25) is 0 Å². The minimum atomic E-state index is -0.449. The molecule has 3 aromatic rings. The zero-order valence-electron chi connectivity index (χ0n) is 13.7. The van der Waals surface area contributed by atoms with E-state index in [1.165, 1.54) is 36.0 Å². The van der Waals surface area contributed by atoms with E-state index in [0.29, 0.717) is 16.8 Å². The summed E-state index contributed by atoms with van der Waals surface area (Å²) >= 11 is 1.17. The second-order valence-electron chi connectivity index (χ2n) is 5.44. The van der Waals surface area contributed by atoms with Crippen LogP contribution in [-0.2, 0) is 4.79 Å². The lowest BCUT2D eigenvalue weighted by Crippen LogP contribution is -2.22. The van der Waals surface area contributed by atoms with Crippen LogP contribution in [0.25, 0.3) is 11.5 Å². The van der Waals surface area contributed by atoms with E-state index in [1.54, 1.807) is 6.92 Å². The molecule has 1 N–H and O–H groups in total. The van der Waals surface area contributed by atoms with Crippen LogP contribution in [0.5, 0.6) is 0 Å². The van der Waals surface area contributed by atoms with Crippen molar-refractivity contribution < 1.29 is 13.6 Å². The quantitative estimate of drug-likeness (QED) is 0.690. The standard InChI is InChI=1S/C18H16FN3O2S/c1-11-5-3-4-6-15(11)17-21-22-18(24-17)25-12(2)16(23)20-14-9-7-13(19)8-10-14/h3-10,12H,1-2H3,(H,20,23)/t12-/m1/s1. The summed E-state index contributed by atoms with van der Waals surface area (Å²) in [7, 11) is 0. The Morgan fingerprint density at radius 3 is 2.60 bits per heavy atom. The number of benzene rings is 2. The van der Waals surface area contributed by atoms with Gasteiger partial charge in [0.25, 0.3) is 5.22 Å². The molecule has 0 unspecified atom stereocenters. The lowest BCUT2D eigenvalue weighted by molar-refractivity contribution is -0.115. The van der Waals surface area contributed by atoms with Gasteiger partial charge in [0.15, 0.2) is 0 Å². The number of halogens is 1. The third-order valence-electron chi connectivity index (χ3n) is 3.54. The van der Waals surface area contributed by atoms with Crippen molar-refractivity contribution >= 4 is 23.4 Å². The van der Waals surface area contributed by atoms with Crippen molar-refractivity contribution in [1.82, 2.24) is 10.2 Å². The molecule has 0 bridgehead atoms. The number of rotatable bonds is 5. The number of hydrogen-bond acceptors (Lipinski definition) is 5. The number of aromatic nitrogens is 2. The fourth-order valence-electron chi connectivity index (χ4n) is 2.16. The zero-order chi connectivity index (χ0) is 17.8. The average molecular weight is 357 g/mol.